The molecule has 0 saturated heterocycles. The van der Waals surface area contributed by atoms with Crippen LogP contribution in [0, 0.1) is 11.3 Å². The SMILES string of the molecule is N#Cc1nn(-c2c(Cl)cc(C(F)(F)F)cc2Cl)cc1S(=O)(=O)C(F)(F)F. The molecule has 1 aromatic heterocycles. The number of benzene rings is 1. The molecule has 14 heteroatoms. The first-order valence-corrected chi connectivity index (χ1v) is 8.31. The number of hydrogen-bond donors (Lipinski definition) is 0. The normalized spacial score (nSPS) is 12.9. The molecule has 26 heavy (non-hydrogen) atoms. The van der Waals surface area contributed by atoms with Crippen molar-refractivity contribution in [3.05, 3.63) is 39.6 Å². The third-order valence-electron chi connectivity index (χ3n) is 2.95. The highest BCUT2D eigenvalue weighted by molar-refractivity contribution is 7.92. The van der Waals surface area contributed by atoms with Gasteiger partial charge in [-0.2, -0.15) is 36.7 Å². The maximum Gasteiger partial charge on any atom is 0.502 e. The van der Waals surface area contributed by atoms with Gasteiger partial charge in [0.2, 0.25) is 0 Å². The second-order valence-corrected chi connectivity index (χ2v) is 7.36. The molecule has 1 aromatic carbocycles. The Bertz CT molecular complexity index is 998. The zero-order valence-corrected chi connectivity index (χ0v) is 14.2. The summed E-state index contributed by atoms with van der Waals surface area (Å²) in [7, 11) is -5.94. The minimum absolute atomic E-state index is 0.293. The first kappa shape index (κ1) is 20.3. The van der Waals surface area contributed by atoms with Crippen molar-refractivity contribution >= 4 is 33.0 Å². The third kappa shape index (κ3) is 3.46. The van der Waals surface area contributed by atoms with E-state index in [1.165, 1.54) is 0 Å². The first-order chi connectivity index (χ1) is 11.7. The van der Waals surface area contributed by atoms with E-state index in [-0.39, 0.29) is 0 Å². The molecule has 0 N–H and O–H groups in total. The lowest BCUT2D eigenvalue weighted by atomic mass is 10.2. The Kier molecular flexibility index (Phi) is 4.95. The monoisotopic (exact) mass is 437 g/mol. The zero-order chi connectivity index (χ0) is 20.1. The maximum atomic E-state index is 12.7. The molecule has 0 fully saturated rings. The number of sulfone groups is 1. The number of hydrogen-bond acceptors (Lipinski definition) is 4. The Morgan fingerprint density at radius 3 is 1.96 bits per heavy atom. The molecule has 0 aliphatic carbocycles. The summed E-state index contributed by atoms with van der Waals surface area (Å²) >= 11 is 11.4. The van der Waals surface area contributed by atoms with Gasteiger partial charge in [-0.05, 0) is 12.1 Å². The number of aromatic nitrogens is 2. The topological polar surface area (TPSA) is 75.8 Å². The highest BCUT2D eigenvalue weighted by Crippen LogP contribution is 2.38. The predicted molar refractivity (Wildman–Crippen MR) is 76.5 cm³/mol. The Hall–Kier alpha value is -1.97. The summed E-state index contributed by atoms with van der Waals surface area (Å²) in [6, 6.07) is 2.01. The van der Waals surface area contributed by atoms with Crippen molar-refractivity contribution in [3.8, 4) is 11.8 Å². The Morgan fingerprint density at radius 2 is 1.58 bits per heavy atom. The van der Waals surface area contributed by atoms with Crippen molar-refractivity contribution in [1.82, 2.24) is 9.78 Å². The molecular weight excluding hydrogens is 435 g/mol. The van der Waals surface area contributed by atoms with Crippen molar-refractivity contribution in [2.45, 2.75) is 16.6 Å². The average molecular weight is 438 g/mol. The van der Waals surface area contributed by atoms with Crippen molar-refractivity contribution in [3.63, 3.8) is 0 Å². The van der Waals surface area contributed by atoms with Crippen LogP contribution in [0.2, 0.25) is 10.0 Å². The lowest BCUT2D eigenvalue weighted by Crippen LogP contribution is -2.23. The van der Waals surface area contributed by atoms with E-state index < -0.39 is 53.4 Å². The van der Waals surface area contributed by atoms with E-state index in [4.69, 9.17) is 28.5 Å². The van der Waals surface area contributed by atoms with Crippen LogP contribution >= 0.6 is 23.2 Å². The summed E-state index contributed by atoms with van der Waals surface area (Å²) in [6.45, 7) is 0. The van der Waals surface area contributed by atoms with Gasteiger partial charge in [-0.15, -0.1) is 0 Å². The molecule has 0 aliphatic heterocycles. The summed E-state index contributed by atoms with van der Waals surface area (Å²) in [5.74, 6) is 0. The van der Waals surface area contributed by atoms with Gasteiger partial charge in [0, 0.05) is 0 Å². The fourth-order valence-electron chi connectivity index (χ4n) is 1.82. The van der Waals surface area contributed by atoms with Crippen LogP contribution in [0.15, 0.2) is 23.2 Å². The van der Waals surface area contributed by atoms with Crippen LogP contribution in [0.25, 0.3) is 5.69 Å². The number of halogens is 8. The average Bonchev–Trinajstić information content (AvgIpc) is 2.88. The number of rotatable bonds is 2. The van der Waals surface area contributed by atoms with E-state index in [0.29, 0.717) is 23.0 Å². The van der Waals surface area contributed by atoms with Gasteiger partial charge in [0.25, 0.3) is 9.84 Å². The number of nitrogens with zero attached hydrogens (tertiary/aromatic N) is 3. The van der Waals surface area contributed by atoms with Gasteiger partial charge in [-0.3, -0.25) is 0 Å². The van der Waals surface area contributed by atoms with Crippen molar-refractivity contribution in [2.24, 2.45) is 0 Å². The van der Waals surface area contributed by atoms with Crippen LogP contribution < -0.4 is 0 Å². The molecular formula is C12H3Cl2F6N3O2S. The van der Waals surface area contributed by atoms with Crippen molar-refractivity contribution < 1.29 is 34.8 Å². The fraction of sp³-hybridized carbons (Fsp3) is 0.167. The molecule has 0 aliphatic rings. The molecule has 2 rings (SSSR count). The first-order valence-electron chi connectivity index (χ1n) is 6.08. The van der Waals surface area contributed by atoms with E-state index in [0.717, 1.165) is 6.07 Å². The number of alkyl halides is 6. The lowest BCUT2D eigenvalue weighted by Gasteiger charge is -2.12. The molecule has 0 saturated carbocycles. The lowest BCUT2D eigenvalue weighted by molar-refractivity contribution is -0.137. The third-order valence-corrected chi connectivity index (χ3v) is 5.02. The molecule has 0 bridgehead atoms. The Labute approximate surface area is 151 Å². The van der Waals surface area contributed by atoms with E-state index in [1.54, 1.807) is 0 Å². The molecule has 0 atom stereocenters. The largest absolute Gasteiger partial charge is 0.502 e. The second-order valence-electron chi connectivity index (χ2n) is 4.63. The molecule has 0 radical (unpaired) electrons. The van der Waals surface area contributed by atoms with E-state index in [2.05, 4.69) is 5.10 Å². The van der Waals surface area contributed by atoms with Crippen LogP contribution in [-0.4, -0.2) is 23.7 Å². The number of nitriles is 1. The minimum Gasteiger partial charge on any atom is -0.235 e. The maximum absolute atomic E-state index is 12.7. The van der Waals surface area contributed by atoms with Crippen LogP contribution in [0.3, 0.4) is 0 Å². The predicted octanol–water partition coefficient (Wildman–Crippen LogP) is 4.36. The molecule has 0 spiro atoms. The van der Waals surface area contributed by atoms with Crippen molar-refractivity contribution in [1.29, 1.82) is 5.26 Å². The second kappa shape index (κ2) is 6.33. The fourth-order valence-corrected chi connectivity index (χ4v) is 3.31. The highest BCUT2D eigenvalue weighted by Gasteiger charge is 2.49. The van der Waals surface area contributed by atoms with Gasteiger partial charge in [-0.25, -0.2) is 13.1 Å². The van der Waals surface area contributed by atoms with Gasteiger partial charge in [-0.1, -0.05) is 23.2 Å². The Morgan fingerprint density at radius 1 is 1.08 bits per heavy atom. The molecule has 5 nitrogen and oxygen atoms in total. The van der Waals surface area contributed by atoms with Gasteiger partial charge in [0.1, 0.15) is 16.7 Å². The van der Waals surface area contributed by atoms with Gasteiger partial charge in [0.15, 0.2) is 5.69 Å². The standard InChI is InChI=1S/C12H3Cl2F6N3O2S/c13-6-1-5(11(15,16)17)2-7(14)10(6)23-4-9(8(3-21)22-23)26(24,25)12(18,19)20/h1-2,4H. The van der Waals surface area contributed by atoms with E-state index in [9.17, 15) is 34.8 Å². The zero-order valence-electron chi connectivity index (χ0n) is 11.8. The summed E-state index contributed by atoms with van der Waals surface area (Å²) < 4.78 is 99.5. The van der Waals surface area contributed by atoms with Crippen LogP contribution in [-0.2, 0) is 16.0 Å². The molecule has 1 heterocycles. The van der Waals surface area contributed by atoms with Crippen molar-refractivity contribution in [2.75, 3.05) is 0 Å². The van der Waals surface area contributed by atoms with Gasteiger partial charge >= 0.3 is 11.7 Å². The summed E-state index contributed by atoms with van der Waals surface area (Å²) in [5.41, 5.74) is -8.62. The van der Waals surface area contributed by atoms with Gasteiger partial charge in [0.05, 0.1) is 21.8 Å². The molecule has 0 amide bonds. The van der Waals surface area contributed by atoms with Crippen LogP contribution in [0.4, 0.5) is 26.3 Å². The summed E-state index contributed by atoms with van der Waals surface area (Å²) in [6.07, 6.45) is -4.51. The smallest absolute Gasteiger partial charge is 0.235 e. The van der Waals surface area contributed by atoms with Crippen LogP contribution in [0.5, 0.6) is 0 Å². The molecule has 0 unspecified atom stereocenters. The minimum atomic E-state index is -5.94. The molecule has 2 aromatic rings. The van der Waals surface area contributed by atoms with E-state index >= 15 is 0 Å². The summed E-state index contributed by atoms with van der Waals surface area (Å²) in [4.78, 5) is -1.49. The molecule has 140 valence electrons. The summed E-state index contributed by atoms with van der Waals surface area (Å²) in [5, 5.41) is 10.8. The van der Waals surface area contributed by atoms with Gasteiger partial charge < -0.3 is 0 Å². The van der Waals surface area contributed by atoms with Crippen LogP contribution in [0.1, 0.15) is 11.3 Å². The van der Waals surface area contributed by atoms with E-state index in [1.807, 2.05) is 0 Å². The Balaban J connectivity index is 2.72. The highest BCUT2D eigenvalue weighted by atomic mass is 35.5. The quantitative estimate of drug-likeness (QED) is 0.654.